The van der Waals surface area contributed by atoms with Crippen molar-refractivity contribution in [2.24, 2.45) is 0 Å². The van der Waals surface area contributed by atoms with Gasteiger partial charge in [-0.3, -0.25) is 14.2 Å². The molecule has 6 nitrogen and oxygen atoms in total. The van der Waals surface area contributed by atoms with Gasteiger partial charge in [-0.15, -0.1) is 0 Å². The number of esters is 1. The summed E-state index contributed by atoms with van der Waals surface area (Å²) in [6, 6.07) is 14.4. The summed E-state index contributed by atoms with van der Waals surface area (Å²) in [6.45, 7) is -0.657. The van der Waals surface area contributed by atoms with E-state index in [0.29, 0.717) is 22.6 Å². The molecule has 1 heterocycles. The summed E-state index contributed by atoms with van der Waals surface area (Å²) in [6.07, 6.45) is 6.23. The minimum absolute atomic E-state index is 0.266. The lowest BCUT2D eigenvalue weighted by Crippen LogP contribution is -2.23. The smallest absolute Gasteiger partial charge is 0.420 e. The molecule has 29 heavy (non-hydrogen) atoms. The van der Waals surface area contributed by atoms with E-state index in [1.54, 1.807) is 36.4 Å². The van der Waals surface area contributed by atoms with Crippen molar-refractivity contribution < 1.29 is 18.7 Å². The lowest BCUT2D eigenvalue weighted by Gasteiger charge is -2.22. The van der Waals surface area contributed by atoms with Crippen molar-refractivity contribution in [3.05, 3.63) is 70.2 Å². The van der Waals surface area contributed by atoms with Crippen LogP contribution in [0.25, 0.3) is 11.1 Å². The van der Waals surface area contributed by atoms with Crippen molar-refractivity contribution in [2.75, 3.05) is 6.61 Å². The molecule has 2 aromatic carbocycles. The van der Waals surface area contributed by atoms with Gasteiger partial charge in [-0.25, -0.2) is 4.79 Å². The third kappa shape index (κ3) is 4.31. The first-order chi connectivity index (χ1) is 14.1. The summed E-state index contributed by atoms with van der Waals surface area (Å²) in [5.74, 6) is -0.981. The number of fused-ring (bicyclic) bond motifs is 1. The Bertz CT molecular complexity index is 1070. The van der Waals surface area contributed by atoms with Gasteiger partial charge >= 0.3 is 11.7 Å². The molecule has 1 aliphatic carbocycles. The molecular formula is C23H23NO5. The molecule has 0 aliphatic heterocycles. The van der Waals surface area contributed by atoms with Gasteiger partial charge in [0.05, 0.1) is 5.52 Å². The van der Waals surface area contributed by atoms with Crippen LogP contribution in [0.15, 0.2) is 57.7 Å². The minimum atomic E-state index is -0.661. The lowest BCUT2D eigenvalue weighted by molar-refractivity contribution is -0.143. The number of carbonyl (C=O) groups is 2. The van der Waals surface area contributed by atoms with Crippen LogP contribution in [-0.2, 0) is 16.1 Å². The van der Waals surface area contributed by atoms with E-state index in [1.165, 1.54) is 42.2 Å². The molecule has 4 rings (SSSR count). The zero-order valence-electron chi connectivity index (χ0n) is 16.1. The lowest BCUT2D eigenvalue weighted by atomic mass is 9.84. The zero-order valence-corrected chi connectivity index (χ0v) is 16.1. The maximum absolute atomic E-state index is 12.4. The maximum Gasteiger partial charge on any atom is 0.420 e. The molecule has 0 spiro atoms. The topological polar surface area (TPSA) is 78.5 Å². The van der Waals surface area contributed by atoms with Gasteiger partial charge in [0, 0.05) is 5.56 Å². The normalized spacial score (nSPS) is 14.8. The molecule has 150 valence electrons. The fourth-order valence-corrected chi connectivity index (χ4v) is 3.94. The van der Waals surface area contributed by atoms with Gasteiger partial charge in [0.15, 0.2) is 18.0 Å². The van der Waals surface area contributed by atoms with Gasteiger partial charge in [-0.2, -0.15) is 0 Å². The number of aromatic nitrogens is 1. The van der Waals surface area contributed by atoms with E-state index in [2.05, 4.69) is 0 Å². The fourth-order valence-electron chi connectivity index (χ4n) is 3.94. The second-order valence-corrected chi connectivity index (χ2v) is 7.46. The number of nitrogens with zero attached hydrogens (tertiary/aromatic N) is 1. The van der Waals surface area contributed by atoms with Crippen molar-refractivity contribution >= 4 is 22.9 Å². The monoisotopic (exact) mass is 393 g/mol. The number of carbonyl (C=O) groups excluding carboxylic acids is 2. The molecule has 0 atom stereocenters. The van der Waals surface area contributed by atoms with Gasteiger partial charge in [0.25, 0.3) is 0 Å². The predicted molar refractivity (Wildman–Crippen MR) is 108 cm³/mol. The molecular weight excluding hydrogens is 370 g/mol. The number of hydrogen-bond donors (Lipinski definition) is 0. The Hall–Kier alpha value is -3.15. The molecule has 0 bridgehead atoms. The van der Waals surface area contributed by atoms with Crippen LogP contribution in [-0.4, -0.2) is 22.9 Å². The number of oxazole rings is 1. The Morgan fingerprint density at radius 2 is 1.72 bits per heavy atom. The van der Waals surface area contributed by atoms with Crippen LogP contribution < -0.4 is 5.76 Å². The third-order valence-corrected chi connectivity index (χ3v) is 5.53. The van der Waals surface area contributed by atoms with Gasteiger partial charge < -0.3 is 9.15 Å². The highest BCUT2D eigenvalue weighted by molar-refractivity contribution is 5.98. The van der Waals surface area contributed by atoms with Crippen LogP contribution in [0.4, 0.5) is 0 Å². The zero-order chi connectivity index (χ0) is 20.2. The molecule has 1 saturated carbocycles. The van der Waals surface area contributed by atoms with Gasteiger partial charge in [-0.05, 0) is 36.5 Å². The summed E-state index contributed by atoms with van der Waals surface area (Å²) in [5, 5.41) is 0. The van der Waals surface area contributed by atoms with Crippen LogP contribution in [0.1, 0.15) is 53.9 Å². The Balaban J connectivity index is 1.34. The summed E-state index contributed by atoms with van der Waals surface area (Å²) < 4.78 is 11.4. The molecule has 0 radical (unpaired) electrons. The Labute approximate surface area is 168 Å². The number of benzene rings is 2. The predicted octanol–water partition coefficient (Wildman–Crippen LogP) is 4.07. The minimum Gasteiger partial charge on any atom is -0.456 e. The maximum atomic E-state index is 12.4. The van der Waals surface area contributed by atoms with E-state index in [4.69, 9.17) is 9.15 Å². The molecule has 1 aliphatic rings. The van der Waals surface area contributed by atoms with Crippen molar-refractivity contribution in [1.82, 2.24) is 4.57 Å². The highest BCUT2D eigenvalue weighted by Gasteiger charge is 2.17. The number of ether oxygens (including phenoxy) is 1. The van der Waals surface area contributed by atoms with Crippen LogP contribution in [0, 0.1) is 0 Å². The molecule has 3 aromatic rings. The largest absolute Gasteiger partial charge is 0.456 e. The van der Waals surface area contributed by atoms with Crippen LogP contribution in [0.5, 0.6) is 0 Å². The molecule has 0 saturated heterocycles. The Kier molecular flexibility index (Phi) is 5.60. The first-order valence-electron chi connectivity index (χ1n) is 9.99. The standard InChI is InChI=1S/C23H23NO5/c25-20(18-12-10-17(11-13-18)16-6-2-1-3-7-16)15-28-22(26)14-24-19-8-4-5-9-21(19)29-23(24)27/h4-5,8-13,16H,1-3,6-7,14-15H2. The quantitative estimate of drug-likeness (QED) is 0.466. The van der Waals surface area contributed by atoms with E-state index >= 15 is 0 Å². The van der Waals surface area contributed by atoms with Gasteiger partial charge in [0.1, 0.15) is 6.54 Å². The number of ketones is 1. The van der Waals surface area contributed by atoms with E-state index in [9.17, 15) is 14.4 Å². The summed E-state index contributed by atoms with van der Waals surface area (Å²) >= 11 is 0. The second-order valence-electron chi connectivity index (χ2n) is 7.46. The van der Waals surface area contributed by atoms with E-state index in [0.717, 1.165) is 0 Å². The fraction of sp³-hybridized carbons (Fsp3) is 0.348. The number of para-hydroxylation sites is 2. The van der Waals surface area contributed by atoms with Gasteiger partial charge in [0.2, 0.25) is 0 Å². The van der Waals surface area contributed by atoms with Crippen molar-refractivity contribution in [3.63, 3.8) is 0 Å². The first kappa shape index (κ1) is 19.2. The van der Waals surface area contributed by atoms with Crippen molar-refractivity contribution in [1.29, 1.82) is 0 Å². The third-order valence-electron chi connectivity index (χ3n) is 5.53. The first-order valence-corrected chi connectivity index (χ1v) is 9.99. The Morgan fingerprint density at radius 1 is 1.00 bits per heavy atom. The van der Waals surface area contributed by atoms with Crippen molar-refractivity contribution in [2.45, 2.75) is 44.6 Å². The van der Waals surface area contributed by atoms with E-state index < -0.39 is 11.7 Å². The molecule has 0 N–H and O–H groups in total. The van der Waals surface area contributed by atoms with Gasteiger partial charge in [-0.1, -0.05) is 55.7 Å². The molecule has 1 aromatic heterocycles. The number of rotatable bonds is 6. The molecule has 0 amide bonds. The number of hydrogen-bond acceptors (Lipinski definition) is 5. The molecule has 1 fully saturated rings. The number of Topliss-reactive ketones (excluding diaryl/α,β-unsaturated/α-hetero) is 1. The van der Waals surface area contributed by atoms with E-state index in [-0.39, 0.29) is 18.9 Å². The summed E-state index contributed by atoms with van der Waals surface area (Å²) in [4.78, 5) is 36.4. The second kappa shape index (κ2) is 8.47. The van der Waals surface area contributed by atoms with Crippen molar-refractivity contribution in [3.8, 4) is 0 Å². The highest BCUT2D eigenvalue weighted by Crippen LogP contribution is 2.32. The molecule has 0 unspecified atom stereocenters. The highest BCUT2D eigenvalue weighted by atomic mass is 16.5. The summed E-state index contributed by atoms with van der Waals surface area (Å²) in [5.41, 5.74) is 2.70. The SMILES string of the molecule is O=C(Cn1c(=O)oc2ccccc21)OCC(=O)c1ccc(C2CCCCC2)cc1. The van der Waals surface area contributed by atoms with Crippen LogP contribution in [0.3, 0.4) is 0 Å². The summed E-state index contributed by atoms with van der Waals surface area (Å²) in [7, 11) is 0. The van der Waals surface area contributed by atoms with Crippen LogP contribution >= 0.6 is 0 Å². The Morgan fingerprint density at radius 3 is 2.48 bits per heavy atom. The van der Waals surface area contributed by atoms with Crippen LogP contribution in [0.2, 0.25) is 0 Å². The van der Waals surface area contributed by atoms with E-state index in [1.807, 2.05) is 12.1 Å². The molecule has 6 heteroatoms. The average Bonchev–Trinajstić information content (AvgIpc) is 3.08. The average molecular weight is 393 g/mol.